The Balaban J connectivity index is 4.36. The second-order valence-corrected chi connectivity index (χ2v) is 23.4. The summed E-state index contributed by atoms with van der Waals surface area (Å²) in [5.41, 5.74) is 0. The zero-order chi connectivity index (χ0) is 57.8. The molecule has 0 saturated carbocycles. The van der Waals surface area contributed by atoms with E-state index in [1.807, 2.05) is 0 Å². The van der Waals surface area contributed by atoms with Crippen LogP contribution in [0.2, 0.25) is 0 Å². The molecule has 0 heterocycles. The van der Waals surface area contributed by atoms with Crippen LogP contribution in [0.5, 0.6) is 0 Å². The smallest absolute Gasteiger partial charge is 0.306 e. The van der Waals surface area contributed by atoms with E-state index in [9.17, 15) is 14.4 Å². The fourth-order valence-corrected chi connectivity index (χ4v) is 10.2. The average Bonchev–Trinajstić information content (AvgIpc) is 3.46. The normalized spacial score (nSPS) is 12.5. The molecule has 80 heavy (non-hydrogen) atoms. The lowest BCUT2D eigenvalue weighted by molar-refractivity contribution is -0.167. The van der Waals surface area contributed by atoms with E-state index in [1.165, 1.54) is 225 Å². The molecule has 0 amide bonds. The summed E-state index contributed by atoms with van der Waals surface area (Å²) in [6.07, 6.45) is 89.3. The van der Waals surface area contributed by atoms with Crippen molar-refractivity contribution in [2.75, 3.05) is 13.2 Å². The van der Waals surface area contributed by atoms with Gasteiger partial charge in [0.05, 0.1) is 0 Å². The Morgan fingerprint density at radius 1 is 0.263 bits per heavy atom. The summed E-state index contributed by atoms with van der Waals surface area (Å²) in [6.45, 7) is 6.55. The molecule has 464 valence electrons. The highest BCUT2D eigenvalue weighted by Crippen LogP contribution is 2.18. The summed E-state index contributed by atoms with van der Waals surface area (Å²) in [5, 5.41) is 0. The number of ether oxygens (including phenoxy) is 3. The zero-order valence-electron chi connectivity index (χ0n) is 53.3. The van der Waals surface area contributed by atoms with Crippen molar-refractivity contribution in [2.24, 2.45) is 0 Å². The standard InChI is InChI=1S/C74H132O6/c1-4-7-10-13-16-19-22-25-28-31-34-35-36-37-38-41-43-46-49-52-55-58-61-64-67-73(76)79-70-71(80-74(77)68-65-62-59-56-53-50-47-44-40-33-30-27-24-21-18-15-12-9-6-3)69-78-72(75)66-63-60-57-54-51-48-45-42-39-32-29-26-23-20-17-14-11-8-5-2/h9,12,18,21,26-27,29-30,40,44,50,53,71H,4-8,10-11,13-17,19-20,22-25,28,31-39,41-43,45-49,51-52,54-70H2,1-3H3/b12-9-,21-18-,29-26-,30-27-,44-40-,53-50-. The monoisotopic (exact) mass is 1120 g/mol. The molecule has 0 rings (SSSR count). The molecule has 0 aliphatic carbocycles. The van der Waals surface area contributed by atoms with Crippen LogP contribution in [0.15, 0.2) is 72.9 Å². The van der Waals surface area contributed by atoms with Crippen molar-refractivity contribution < 1.29 is 28.6 Å². The minimum atomic E-state index is -0.794. The third-order valence-corrected chi connectivity index (χ3v) is 15.4. The molecular formula is C74H132O6. The Hall–Kier alpha value is -3.15. The van der Waals surface area contributed by atoms with Crippen molar-refractivity contribution in [3.05, 3.63) is 72.9 Å². The van der Waals surface area contributed by atoms with Crippen molar-refractivity contribution in [3.8, 4) is 0 Å². The van der Waals surface area contributed by atoms with E-state index >= 15 is 0 Å². The Bertz CT molecular complexity index is 1470. The van der Waals surface area contributed by atoms with Gasteiger partial charge in [-0.3, -0.25) is 14.4 Å². The number of unbranched alkanes of at least 4 members (excludes halogenated alkanes) is 41. The van der Waals surface area contributed by atoms with E-state index in [0.29, 0.717) is 19.3 Å². The van der Waals surface area contributed by atoms with Gasteiger partial charge < -0.3 is 14.2 Å². The lowest BCUT2D eigenvalue weighted by Crippen LogP contribution is -2.30. The van der Waals surface area contributed by atoms with Gasteiger partial charge >= 0.3 is 17.9 Å². The minimum absolute atomic E-state index is 0.0860. The van der Waals surface area contributed by atoms with Crippen molar-refractivity contribution in [1.82, 2.24) is 0 Å². The molecule has 0 radical (unpaired) electrons. The van der Waals surface area contributed by atoms with Gasteiger partial charge in [-0.2, -0.15) is 0 Å². The molecular weight excluding hydrogens is 985 g/mol. The summed E-state index contributed by atoms with van der Waals surface area (Å²) < 4.78 is 17.0. The predicted octanol–water partition coefficient (Wildman–Crippen LogP) is 24.1. The Morgan fingerprint density at radius 3 is 0.787 bits per heavy atom. The molecule has 6 nitrogen and oxygen atoms in total. The Kier molecular flexibility index (Phi) is 65.7. The molecule has 0 aromatic heterocycles. The highest BCUT2D eigenvalue weighted by molar-refractivity contribution is 5.71. The van der Waals surface area contributed by atoms with Gasteiger partial charge in [0.25, 0.3) is 0 Å². The molecule has 0 aliphatic rings. The summed E-state index contributed by atoms with van der Waals surface area (Å²) >= 11 is 0. The molecule has 6 heteroatoms. The van der Waals surface area contributed by atoms with Crippen molar-refractivity contribution >= 4 is 17.9 Å². The van der Waals surface area contributed by atoms with Crippen LogP contribution in [-0.2, 0) is 28.6 Å². The molecule has 0 aliphatic heterocycles. The molecule has 0 fully saturated rings. The number of rotatable bonds is 64. The lowest BCUT2D eigenvalue weighted by Gasteiger charge is -2.18. The lowest BCUT2D eigenvalue weighted by atomic mass is 10.0. The molecule has 0 bridgehead atoms. The van der Waals surface area contributed by atoms with Crippen LogP contribution in [0.25, 0.3) is 0 Å². The van der Waals surface area contributed by atoms with Crippen LogP contribution in [0.1, 0.15) is 361 Å². The molecule has 0 saturated heterocycles. The first kappa shape index (κ1) is 76.9. The minimum Gasteiger partial charge on any atom is -0.462 e. The number of carbonyl (C=O) groups is 3. The number of allylic oxidation sites excluding steroid dienone is 12. The quantitative estimate of drug-likeness (QED) is 0.0261. The van der Waals surface area contributed by atoms with Gasteiger partial charge in [0, 0.05) is 19.3 Å². The third-order valence-electron chi connectivity index (χ3n) is 15.4. The maximum atomic E-state index is 12.9. The topological polar surface area (TPSA) is 78.9 Å². The van der Waals surface area contributed by atoms with Crippen LogP contribution < -0.4 is 0 Å². The van der Waals surface area contributed by atoms with Gasteiger partial charge in [-0.25, -0.2) is 0 Å². The van der Waals surface area contributed by atoms with E-state index in [2.05, 4.69) is 93.7 Å². The van der Waals surface area contributed by atoms with E-state index in [1.54, 1.807) is 0 Å². The van der Waals surface area contributed by atoms with Crippen molar-refractivity contribution in [3.63, 3.8) is 0 Å². The van der Waals surface area contributed by atoms with Crippen molar-refractivity contribution in [2.45, 2.75) is 367 Å². The number of carbonyl (C=O) groups excluding carboxylic acids is 3. The first-order valence-corrected chi connectivity index (χ1v) is 34.9. The highest BCUT2D eigenvalue weighted by Gasteiger charge is 2.19. The molecule has 0 aromatic carbocycles. The van der Waals surface area contributed by atoms with Gasteiger partial charge in [0.1, 0.15) is 13.2 Å². The average molecular weight is 1120 g/mol. The SMILES string of the molecule is CC/C=C\C/C=C\C/C=C\C/C=C\C/C=C\CCCCCC(=O)OC(COC(=O)CCCCCCCCCCC/C=C\CCCCCCCC)COC(=O)CCCCCCCCCCCCCCCCCCCCCCCCCC. The first-order valence-electron chi connectivity index (χ1n) is 34.9. The van der Waals surface area contributed by atoms with Gasteiger partial charge in [0.2, 0.25) is 0 Å². The Labute approximate surface area is 497 Å². The largest absolute Gasteiger partial charge is 0.462 e. The number of esters is 3. The molecule has 0 spiro atoms. The molecule has 1 unspecified atom stereocenters. The maximum absolute atomic E-state index is 12.9. The molecule has 0 aromatic rings. The summed E-state index contributed by atoms with van der Waals surface area (Å²) in [6, 6.07) is 0. The van der Waals surface area contributed by atoms with Gasteiger partial charge in [-0.15, -0.1) is 0 Å². The van der Waals surface area contributed by atoms with E-state index in [0.717, 1.165) is 96.3 Å². The fraction of sp³-hybridized carbons (Fsp3) is 0.797. The number of hydrogen-bond acceptors (Lipinski definition) is 6. The van der Waals surface area contributed by atoms with E-state index in [4.69, 9.17) is 14.2 Å². The predicted molar refractivity (Wildman–Crippen MR) is 348 cm³/mol. The zero-order valence-corrected chi connectivity index (χ0v) is 53.3. The fourth-order valence-electron chi connectivity index (χ4n) is 10.2. The summed E-state index contributed by atoms with van der Waals surface area (Å²) in [5.74, 6) is -0.899. The molecule has 1 atom stereocenters. The van der Waals surface area contributed by atoms with Crippen LogP contribution in [0.4, 0.5) is 0 Å². The Morgan fingerprint density at radius 2 is 0.487 bits per heavy atom. The molecule has 0 N–H and O–H groups in total. The van der Waals surface area contributed by atoms with E-state index in [-0.39, 0.29) is 31.1 Å². The first-order chi connectivity index (χ1) is 39.5. The van der Waals surface area contributed by atoms with Crippen molar-refractivity contribution in [1.29, 1.82) is 0 Å². The maximum Gasteiger partial charge on any atom is 0.306 e. The van der Waals surface area contributed by atoms with Gasteiger partial charge in [-0.05, 0) is 89.9 Å². The number of hydrogen-bond donors (Lipinski definition) is 0. The van der Waals surface area contributed by atoms with Crippen LogP contribution in [0.3, 0.4) is 0 Å². The van der Waals surface area contributed by atoms with E-state index < -0.39 is 6.10 Å². The van der Waals surface area contributed by atoms with Gasteiger partial charge in [0.15, 0.2) is 6.10 Å². The van der Waals surface area contributed by atoms with Crippen LogP contribution in [-0.4, -0.2) is 37.2 Å². The van der Waals surface area contributed by atoms with Crippen LogP contribution >= 0.6 is 0 Å². The second-order valence-electron chi connectivity index (χ2n) is 23.4. The van der Waals surface area contributed by atoms with Gasteiger partial charge in [-0.1, -0.05) is 325 Å². The third kappa shape index (κ3) is 65.7. The summed E-state index contributed by atoms with van der Waals surface area (Å²) in [4.78, 5) is 38.5. The highest BCUT2D eigenvalue weighted by atomic mass is 16.6. The van der Waals surface area contributed by atoms with Crippen LogP contribution in [0, 0.1) is 0 Å². The summed E-state index contributed by atoms with van der Waals surface area (Å²) in [7, 11) is 0. The second kappa shape index (κ2) is 68.3.